The highest BCUT2D eigenvalue weighted by atomic mass is 16.7. The molecule has 0 bridgehead atoms. The van der Waals surface area contributed by atoms with Gasteiger partial charge in [-0.1, -0.05) is 36.4 Å². The first-order valence-electron chi connectivity index (χ1n) is 16.5. The molecule has 0 fully saturated rings. The molecule has 3 N–H and O–H groups in total. The predicted molar refractivity (Wildman–Crippen MR) is 186 cm³/mol. The van der Waals surface area contributed by atoms with Crippen molar-refractivity contribution in [3.8, 4) is 5.75 Å². The van der Waals surface area contributed by atoms with Gasteiger partial charge < -0.3 is 29.7 Å². The summed E-state index contributed by atoms with van der Waals surface area (Å²) in [6, 6.07) is 15.3. The summed E-state index contributed by atoms with van der Waals surface area (Å²) in [5, 5.41) is 7.89. The van der Waals surface area contributed by atoms with Gasteiger partial charge in [0.2, 0.25) is 11.8 Å². The molecule has 12 heteroatoms. The monoisotopic (exact) mass is 664 g/mol. The molecule has 0 aliphatic heterocycles. The van der Waals surface area contributed by atoms with Gasteiger partial charge in [0.15, 0.2) is 6.29 Å². The van der Waals surface area contributed by atoms with E-state index in [1.165, 1.54) is 5.01 Å². The highest BCUT2D eigenvalue weighted by Gasteiger charge is 2.34. The number of aromatic nitrogens is 1. The van der Waals surface area contributed by atoms with Gasteiger partial charge in [-0.05, 0) is 77.8 Å². The number of fused-ring (bicyclic) bond motifs is 1. The number of likely N-dealkylation sites (N-methyl/N-ethyl adjacent to an activating group) is 1. The van der Waals surface area contributed by atoms with Crippen LogP contribution in [0.5, 0.6) is 5.75 Å². The normalized spacial score (nSPS) is 12.9. The molecule has 0 aliphatic rings. The molecule has 0 saturated carbocycles. The maximum absolute atomic E-state index is 14.7. The first-order valence-corrected chi connectivity index (χ1v) is 16.5. The van der Waals surface area contributed by atoms with Crippen molar-refractivity contribution in [3.63, 3.8) is 0 Å². The van der Waals surface area contributed by atoms with Crippen LogP contribution in [-0.4, -0.2) is 90.1 Å². The third kappa shape index (κ3) is 11.8. The fraction of sp³-hybridized carbons (Fsp3) is 0.500. The molecule has 12 nitrogen and oxygen atoms in total. The van der Waals surface area contributed by atoms with Crippen molar-refractivity contribution in [2.24, 2.45) is 0 Å². The number of benzene rings is 2. The van der Waals surface area contributed by atoms with Crippen LogP contribution >= 0.6 is 0 Å². The molecule has 0 unspecified atom stereocenters. The van der Waals surface area contributed by atoms with Crippen LogP contribution in [0.15, 0.2) is 60.8 Å². The lowest BCUT2D eigenvalue weighted by Crippen LogP contribution is -2.56. The number of nitrogens with one attached hydrogen (secondary N) is 3. The van der Waals surface area contributed by atoms with Crippen molar-refractivity contribution in [3.05, 3.63) is 71.9 Å². The molecule has 0 aliphatic carbocycles. The molecule has 48 heavy (non-hydrogen) atoms. The van der Waals surface area contributed by atoms with E-state index in [1.54, 1.807) is 25.1 Å². The molecule has 0 spiro atoms. The largest absolute Gasteiger partial charge is 0.488 e. The number of hydrogen-bond donors (Lipinski definition) is 3. The van der Waals surface area contributed by atoms with Crippen molar-refractivity contribution >= 4 is 28.7 Å². The van der Waals surface area contributed by atoms with Crippen LogP contribution in [0.25, 0.3) is 10.9 Å². The molecule has 262 valence electrons. The Hall–Kier alpha value is -4.26. The summed E-state index contributed by atoms with van der Waals surface area (Å²) in [6.07, 6.45) is 1.23. The van der Waals surface area contributed by atoms with Gasteiger partial charge in [0.05, 0.1) is 18.1 Å². The average molecular weight is 665 g/mol. The Morgan fingerprint density at radius 1 is 0.938 bits per heavy atom. The Kier molecular flexibility index (Phi) is 14.6. The average Bonchev–Trinajstić information content (AvgIpc) is 3.02. The molecular weight excluding hydrogens is 612 g/mol. The van der Waals surface area contributed by atoms with E-state index in [4.69, 9.17) is 14.2 Å². The van der Waals surface area contributed by atoms with Gasteiger partial charge >= 0.3 is 6.03 Å². The Labute approximate surface area is 284 Å². The summed E-state index contributed by atoms with van der Waals surface area (Å²) >= 11 is 0. The fourth-order valence-electron chi connectivity index (χ4n) is 5.25. The summed E-state index contributed by atoms with van der Waals surface area (Å²) in [6.45, 7) is 14.6. The zero-order chi connectivity index (χ0) is 35.3. The second-order valence-corrected chi connectivity index (χ2v) is 12.5. The highest BCUT2D eigenvalue weighted by molar-refractivity contribution is 5.89. The number of para-hydroxylation sites is 1. The standard InChI is InChI=1S/C36H52N6O6/c1-9-37-35(45)40-41(8)24-31(43)39-30(22-26-17-19-29(20-18-26)48-36(5,6)7)33(44)42(25(4)34(46-10-2)47-11-3)23-28-15-12-14-27-16-13-21-38-32(27)28/h12-21,25,30,34H,9-11,22-24H2,1-8H3,(H,39,43)(H2,37,40,45)/t25-,30-/m0/s1. The third-order valence-corrected chi connectivity index (χ3v) is 7.32. The van der Waals surface area contributed by atoms with Gasteiger partial charge in [0.1, 0.15) is 17.4 Å². The predicted octanol–water partition coefficient (Wildman–Crippen LogP) is 4.42. The Morgan fingerprint density at radius 2 is 1.60 bits per heavy atom. The van der Waals surface area contributed by atoms with E-state index < -0.39 is 30.3 Å². The number of nitrogens with zero attached hydrogens (tertiary/aromatic N) is 3. The number of pyridine rings is 1. The Morgan fingerprint density at radius 3 is 2.23 bits per heavy atom. The van der Waals surface area contributed by atoms with Crippen molar-refractivity contribution in [2.75, 3.05) is 33.4 Å². The molecule has 0 radical (unpaired) electrons. The minimum Gasteiger partial charge on any atom is -0.488 e. The van der Waals surface area contributed by atoms with Crippen LogP contribution in [0.4, 0.5) is 4.79 Å². The van der Waals surface area contributed by atoms with Crippen molar-refractivity contribution in [1.29, 1.82) is 0 Å². The molecule has 3 rings (SSSR count). The van der Waals surface area contributed by atoms with Crippen molar-refractivity contribution < 1.29 is 28.6 Å². The van der Waals surface area contributed by atoms with Crippen LogP contribution in [-0.2, 0) is 32.0 Å². The lowest BCUT2D eigenvalue weighted by Gasteiger charge is -2.37. The van der Waals surface area contributed by atoms with E-state index in [9.17, 15) is 14.4 Å². The molecule has 1 heterocycles. The van der Waals surface area contributed by atoms with Gasteiger partial charge in [-0.25, -0.2) is 9.80 Å². The van der Waals surface area contributed by atoms with E-state index >= 15 is 0 Å². The molecule has 1 aromatic heterocycles. The van der Waals surface area contributed by atoms with Crippen molar-refractivity contribution in [2.45, 2.75) is 85.4 Å². The molecule has 2 aromatic carbocycles. The van der Waals surface area contributed by atoms with E-state index in [-0.39, 0.29) is 31.0 Å². The Bertz CT molecular complexity index is 1470. The minimum atomic E-state index is -0.959. The maximum Gasteiger partial charge on any atom is 0.329 e. The number of amides is 4. The van der Waals surface area contributed by atoms with Crippen LogP contribution in [0.1, 0.15) is 59.6 Å². The lowest BCUT2D eigenvalue weighted by atomic mass is 10.0. The zero-order valence-electron chi connectivity index (χ0n) is 29.5. The van der Waals surface area contributed by atoms with Crippen molar-refractivity contribution in [1.82, 2.24) is 31.0 Å². The lowest BCUT2D eigenvalue weighted by molar-refractivity contribution is -0.179. The molecule has 4 amide bonds. The second kappa shape index (κ2) is 18.3. The number of carbonyl (C=O) groups is 3. The van der Waals surface area contributed by atoms with E-state index in [2.05, 4.69) is 21.0 Å². The fourth-order valence-corrected chi connectivity index (χ4v) is 5.25. The summed E-state index contributed by atoms with van der Waals surface area (Å²) in [5.41, 5.74) is 4.68. The maximum atomic E-state index is 14.7. The topological polar surface area (TPSA) is 134 Å². The van der Waals surface area contributed by atoms with Crippen LogP contribution in [0.2, 0.25) is 0 Å². The number of ether oxygens (including phenoxy) is 3. The first-order chi connectivity index (χ1) is 22.8. The van der Waals surface area contributed by atoms with Crippen LogP contribution in [0.3, 0.4) is 0 Å². The third-order valence-electron chi connectivity index (χ3n) is 7.32. The van der Waals surface area contributed by atoms with E-state index in [0.717, 1.165) is 22.0 Å². The summed E-state index contributed by atoms with van der Waals surface area (Å²) in [5.74, 6) is -0.0559. The number of hydrogen-bond acceptors (Lipinski definition) is 8. The molecule has 2 atom stereocenters. The Balaban J connectivity index is 1.99. The van der Waals surface area contributed by atoms with Crippen LogP contribution in [0, 0.1) is 0 Å². The number of urea groups is 1. The highest BCUT2D eigenvalue weighted by Crippen LogP contribution is 2.23. The quantitative estimate of drug-likeness (QED) is 0.143. The second-order valence-electron chi connectivity index (χ2n) is 12.5. The summed E-state index contributed by atoms with van der Waals surface area (Å²) in [7, 11) is 1.58. The first kappa shape index (κ1) is 38.2. The smallest absolute Gasteiger partial charge is 0.329 e. The van der Waals surface area contributed by atoms with Gasteiger partial charge in [-0.15, -0.1) is 0 Å². The van der Waals surface area contributed by atoms with Gasteiger partial charge in [0, 0.05) is 51.4 Å². The molecule has 3 aromatic rings. The molecular formula is C36H52N6O6. The molecule has 0 saturated heterocycles. The van der Waals surface area contributed by atoms with Gasteiger partial charge in [-0.2, -0.15) is 0 Å². The van der Waals surface area contributed by atoms with Crippen LogP contribution < -0.4 is 20.8 Å². The van der Waals surface area contributed by atoms with Gasteiger partial charge in [0.25, 0.3) is 0 Å². The van der Waals surface area contributed by atoms with E-state index in [0.29, 0.717) is 25.5 Å². The van der Waals surface area contributed by atoms with Gasteiger partial charge in [-0.3, -0.25) is 20.0 Å². The zero-order valence-corrected chi connectivity index (χ0v) is 29.5. The number of carbonyl (C=O) groups excluding carboxylic acids is 3. The van der Waals surface area contributed by atoms with E-state index in [1.807, 2.05) is 96.1 Å². The number of hydrazine groups is 1. The summed E-state index contributed by atoms with van der Waals surface area (Å²) < 4.78 is 17.9. The SMILES string of the molecule is CCNC(=O)NN(C)CC(=O)N[C@@H](Cc1ccc(OC(C)(C)C)cc1)C(=O)N(Cc1cccc2cccnc12)[C@@H](C)C(OCC)OCC. The number of rotatable bonds is 17. The summed E-state index contributed by atoms with van der Waals surface area (Å²) in [4.78, 5) is 46.5. The minimum absolute atomic E-state index is 0.178.